The molecule has 3 aromatic rings. The van der Waals surface area contributed by atoms with Crippen molar-refractivity contribution in [3.05, 3.63) is 88.4 Å². The topological polar surface area (TPSA) is 63.4 Å². The minimum atomic E-state index is -3.74. The largest absolute Gasteiger partial charge is 0.399 e. The molecule has 2 N–H and O–H groups in total. The van der Waals surface area contributed by atoms with Gasteiger partial charge >= 0.3 is 0 Å². The van der Waals surface area contributed by atoms with Gasteiger partial charge in [0.2, 0.25) is 0 Å². The van der Waals surface area contributed by atoms with E-state index < -0.39 is 10.0 Å². The molecule has 3 aromatic carbocycles. The first-order valence-corrected chi connectivity index (χ1v) is 10.3. The van der Waals surface area contributed by atoms with Gasteiger partial charge in [0.25, 0.3) is 10.0 Å². The van der Waals surface area contributed by atoms with Crippen molar-refractivity contribution in [1.29, 1.82) is 0 Å². The lowest BCUT2D eigenvalue weighted by molar-refractivity contribution is 0.590. The molecule has 134 valence electrons. The SMILES string of the molecule is Cc1ccc(CN(c2cccc(Br)c2)S(=O)(=O)c2ccc(N)cc2)cc1. The van der Waals surface area contributed by atoms with Gasteiger partial charge in [-0.25, -0.2) is 8.42 Å². The molecule has 0 aliphatic carbocycles. The first kappa shape index (κ1) is 18.5. The predicted molar refractivity (Wildman–Crippen MR) is 110 cm³/mol. The highest BCUT2D eigenvalue weighted by Crippen LogP contribution is 2.28. The number of halogens is 1. The van der Waals surface area contributed by atoms with E-state index in [2.05, 4.69) is 15.9 Å². The molecule has 0 aliphatic rings. The van der Waals surface area contributed by atoms with Gasteiger partial charge in [-0.3, -0.25) is 4.31 Å². The van der Waals surface area contributed by atoms with Gasteiger partial charge in [-0.05, 0) is 55.0 Å². The lowest BCUT2D eigenvalue weighted by atomic mass is 10.1. The van der Waals surface area contributed by atoms with Crippen LogP contribution in [0.1, 0.15) is 11.1 Å². The van der Waals surface area contributed by atoms with Crippen molar-refractivity contribution in [2.45, 2.75) is 18.4 Å². The first-order chi connectivity index (χ1) is 12.4. The Labute approximate surface area is 162 Å². The van der Waals surface area contributed by atoms with Crippen LogP contribution >= 0.6 is 15.9 Å². The summed E-state index contributed by atoms with van der Waals surface area (Å²) < 4.78 is 28.8. The standard InChI is InChI=1S/C20H19BrN2O2S/c1-15-5-7-16(8-6-15)14-23(19-4-2-3-17(21)13-19)26(24,25)20-11-9-18(22)10-12-20/h2-13H,14,22H2,1H3. The summed E-state index contributed by atoms with van der Waals surface area (Å²) in [5.74, 6) is 0. The molecule has 0 atom stereocenters. The zero-order valence-electron chi connectivity index (χ0n) is 14.3. The zero-order chi connectivity index (χ0) is 18.7. The fourth-order valence-corrected chi connectivity index (χ4v) is 4.40. The van der Waals surface area contributed by atoms with E-state index in [1.54, 1.807) is 24.3 Å². The summed E-state index contributed by atoms with van der Waals surface area (Å²) in [4.78, 5) is 0.207. The molecular weight excluding hydrogens is 412 g/mol. The molecule has 0 aromatic heterocycles. The van der Waals surface area contributed by atoms with Crippen LogP contribution in [0.2, 0.25) is 0 Å². The average Bonchev–Trinajstić information content (AvgIpc) is 2.61. The lowest BCUT2D eigenvalue weighted by Crippen LogP contribution is -2.30. The highest BCUT2D eigenvalue weighted by Gasteiger charge is 2.25. The van der Waals surface area contributed by atoms with Crippen molar-refractivity contribution in [1.82, 2.24) is 0 Å². The summed E-state index contributed by atoms with van der Waals surface area (Å²) in [5.41, 5.74) is 8.86. The van der Waals surface area contributed by atoms with Crippen LogP contribution in [0.3, 0.4) is 0 Å². The minimum Gasteiger partial charge on any atom is -0.399 e. The molecule has 3 rings (SSSR count). The van der Waals surface area contributed by atoms with Gasteiger partial charge in [0, 0.05) is 10.2 Å². The molecule has 0 amide bonds. The third-order valence-electron chi connectivity index (χ3n) is 4.01. The third-order valence-corrected chi connectivity index (χ3v) is 6.29. The van der Waals surface area contributed by atoms with Gasteiger partial charge in [-0.1, -0.05) is 51.8 Å². The van der Waals surface area contributed by atoms with Crippen LogP contribution in [0, 0.1) is 6.92 Å². The van der Waals surface area contributed by atoms with E-state index >= 15 is 0 Å². The Bertz CT molecular complexity index is 1000. The van der Waals surface area contributed by atoms with E-state index in [0.717, 1.165) is 15.6 Å². The van der Waals surface area contributed by atoms with Crippen LogP contribution in [-0.2, 0) is 16.6 Å². The summed E-state index contributed by atoms with van der Waals surface area (Å²) >= 11 is 3.42. The fourth-order valence-electron chi connectivity index (χ4n) is 2.57. The number of anilines is 2. The molecule has 0 unspecified atom stereocenters. The molecule has 6 heteroatoms. The Morgan fingerprint density at radius 2 is 1.62 bits per heavy atom. The number of aryl methyl sites for hydroxylation is 1. The minimum absolute atomic E-state index is 0.207. The maximum atomic E-state index is 13.3. The number of hydrogen-bond donors (Lipinski definition) is 1. The molecule has 0 aliphatic heterocycles. The van der Waals surface area contributed by atoms with Gasteiger partial charge in [-0.15, -0.1) is 0 Å². The van der Waals surface area contributed by atoms with Gasteiger partial charge in [0.05, 0.1) is 17.1 Å². The quantitative estimate of drug-likeness (QED) is 0.594. The predicted octanol–water partition coefficient (Wildman–Crippen LogP) is 4.74. The monoisotopic (exact) mass is 430 g/mol. The summed E-state index contributed by atoms with van der Waals surface area (Å²) in [7, 11) is -3.74. The summed E-state index contributed by atoms with van der Waals surface area (Å²) in [6.07, 6.45) is 0. The third kappa shape index (κ3) is 4.08. The second kappa shape index (κ2) is 7.51. The summed E-state index contributed by atoms with van der Waals surface area (Å²) in [6.45, 7) is 2.24. The van der Waals surface area contributed by atoms with Crippen LogP contribution in [0.15, 0.2) is 82.2 Å². The molecule has 0 bridgehead atoms. The Hall–Kier alpha value is -2.31. The zero-order valence-corrected chi connectivity index (χ0v) is 16.7. The molecular formula is C20H19BrN2O2S. The van der Waals surface area contributed by atoms with Crippen LogP contribution in [-0.4, -0.2) is 8.42 Å². The van der Waals surface area contributed by atoms with Crippen LogP contribution in [0.5, 0.6) is 0 Å². The number of nitrogens with zero attached hydrogens (tertiary/aromatic N) is 1. The van der Waals surface area contributed by atoms with E-state index in [-0.39, 0.29) is 11.4 Å². The normalized spacial score (nSPS) is 11.3. The number of benzene rings is 3. The van der Waals surface area contributed by atoms with Crippen molar-refractivity contribution >= 4 is 37.3 Å². The molecule has 4 nitrogen and oxygen atoms in total. The lowest BCUT2D eigenvalue weighted by Gasteiger charge is -2.25. The maximum absolute atomic E-state index is 13.3. The van der Waals surface area contributed by atoms with E-state index in [4.69, 9.17) is 5.73 Å². The average molecular weight is 431 g/mol. The number of rotatable bonds is 5. The molecule has 0 radical (unpaired) electrons. The highest BCUT2D eigenvalue weighted by atomic mass is 79.9. The molecule has 0 saturated carbocycles. The van der Waals surface area contributed by atoms with E-state index in [0.29, 0.717) is 11.4 Å². The highest BCUT2D eigenvalue weighted by molar-refractivity contribution is 9.10. The summed E-state index contributed by atoms with van der Waals surface area (Å²) in [6, 6.07) is 21.4. The van der Waals surface area contributed by atoms with Gasteiger partial charge in [0.1, 0.15) is 0 Å². The Morgan fingerprint density at radius 3 is 2.23 bits per heavy atom. The van der Waals surface area contributed by atoms with Crippen LogP contribution in [0.25, 0.3) is 0 Å². The second-order valence-electron chi connectivity index (χ2n) is 6.05. The van der Waals surface area contributed by atoms with E-state index in [9.17, 15) is 8.42 Å². The van der Waals surface area contributed by atoms with Crippen LogP contribution in [0.4, 0.5) is 11.4 Å². The summed E-state index contributed by atoms with van der Waals surface area (Å²) in [5, 5.41) is 0. The van der Waals surface area contributed by atoms with Crippen LogP contribution < -0.4 is 10.0 Å². The van der Waals surface area contributed by atoms with Gasteiger partial charge in [0.15, 0.2) is 0 Å². The Kier molecular flexibility index (Phi) is 5.34. The smallest absolute Gasteiger partial charge is 0.264 e. The molecule has 0 fully saturated rings. The molecule has 0 heterocycles. The van der Waals surface area contributed by atoms with E-state index in [1.807, 2.05) is 43.3 Å². The van der Waals surface area contributed by atoms with Crippen molar-refractivity contribution < 1.29 is 8.42 Å². The van der Waals surface area contributed by atoms with Crippen molar-refractivity contribution in [2.75, 3.05) is 10.0 Å². The number of sulfonamides is 1. The fraction of sp³-hybridized carbons (Fsp3) is 0.100. The maximum Gasteiger partial charge on any atom is 0.264 e. The van der Waals surface area contributed by atoms with Crippen molar-refractivity contribution in [3.8, 4) is 0 Å². The number of nitrogens with two attached hydrogens (primary N) is 1. The van der Waals surface area contributed by atoms with Gasteiger partial charge < -0.3 is 5.73 Å². The second-order valence-corrected chi connectivity index (χ2v) is 8.82. The van der Waals surface area contributed by atoms with Gasteiger partial charge in [-0.2, -0.15) is 0 Å². The van der Waals surface area contributed by atoms with E-state index in [1.165, 1.54) is 16.4 Å². The van der Waals surface area contributed by atoms with Crippen molar-refractivity contribution in [3.63, 3.8) is 0 Å². The Morgan fingerprint density at radius 1 is 0.962 bits per heavy atom. The molecule has 26 heavy (non-hydrogen) atoms. The van der Waals surface area contributed by atoms with Crippen molar-refractivity contribution in [2.24, 2.45) is 0 Å². The first-order valence-electron chi connectivity index (χ1n) is 8.06. The number of hydrogen-bond acceptors (Lipinski definition) is 3. The molecule has 0 saturated heterocycles. The molecule has 0 spiro atoms. The Balaban J connectivity index is 2.07. The number of nitrogen functional groups attached to an aromatic ring is 1.